The van der Waals surface area contributed by atoms with Crippen molar-refractivity contribution in [2.75, 3.05) is 0 Å². The molecule has 1 aliphatic carbocycles. The van der Waals surface area contributed by atoms with Crippen LogP contribution in [0.2, 0.25) is 0 Å². The first-order valence-corrected chi connectivity index (χ1v) is 8.12. The molecule has 0 heterocycles. The van der Waals surface area contributed by atoms with Gasteiger partial charge in [0, 0.05) is 0 Å². The van der Waals surface area contributed by atoms with Crippen molar-refractivity contribution in [2.24, 2.45) is 11.8 Å². The predicted molar refractivity (Wildman–Crippen MR) is 81.1 cm³/mol. The van der Waals surface area contributed by atoms with Crippen molar-refractivity contribution >= 4 is 12.1 Å². The highest BCUT2D eigenvalue weighted by Crippen LogP contribution is 2.29. The van der Waals surface area contributed by atoms with E-state index in [9.17, 15) is 9.59 Å². The number of amides is 1. The Morgan fingerprint density at radius 1 is 1.24 bits per heavy atom. The Kier molecular flexibility index (Phi) is 7.54. The summed E-state index contributed by atoms with van der Waals surface area (Å²) in [5.74, 6) is -0.0474. The molecule has 1 aliphatic rings. The molecule has 1 unspecified atom stereocenters. The maximum atomic E-state index is 11.8. The second-order valence-corrected chi connectivity index (χ2v) is 6.50. The number of hydrogen-bond acceptors (Lipinski definition) is 3. The summed E-state index contributed by atoms with van der Waals surface area (Å²) >= 11 is 0. The van der Waals surface area contributed by atoms with Gasteiger partial charge >= 0.3 is 12.1 Å². The zero-order chi connectivity index (χ0) is 15.8. The molecule has 2 N–H and O–H groups in total. The number of nitrogens with one attached hydrogen (secondary N) is 1. The van der Waals surface area contributed by atoms with E-state index in [1.165, 1.54) is 12.8 Å². The van der Waals surface area contributed by atoms with E-state index < -0.39 is 18.1 Å². The summed E-state index contributed by atoms with van der Waals surface area (Å²) in [6.45, 7) is 6.05. The molecule has 0 saturated heterocycles. The largest absolute Gasteiger partial charge is 0.480 e. The van der Waals surface area contributed by atoms with Gasteiger partial charge < -0.3 is 15.2 Å². The molecular weight excluding hydrogens is 270 g/mol. The van der Waals surface area contributed by atoms with E-state index in [2.05, 4.69) is 12.2 Å². The highest BCUT2D eigenvalue weighted by atomic mass is 16.6. The second kappa shape index (κ2) is 8.90. The molecule has 21 heavy (non-hydrogen) atoms. The summed E-state index contributed by atoms with van der Waals surface area (Å²) in [5.41, 5.74) is 0. The molecule has 1 amide bonds. The monoisotopic (exact) mass is 299 g/mol. The third kappa shape index (κ3) is 6.82. The van der Waals surface area contributed by atoms with E-state index in [0.717, 1.165) is 31.6 Å². The van der Waals surface area contributed by atoms with Gasteiger partial charge in [0.25, 0.3) is 0 Å². The Hall–Kier alpha value is -1.26. The first kappa shape index (κ1) is 17.8. The lowest BCUT2D eigenvalue weighted by molar-refractivity contribution is -0.139. The van der Waals surface area contributed by atoms with Gasteiger partial charge in [0.15, 0.2) is 0 Å². The van der Waals surface area contributed by atoms with Crippen LogP contribution in [0.5, 0.6) is 0 Å². The van der Waals surface area contributed by atoms with Gasteiger partial charge in [0.2, 0.25) is 0 Å². The van der Waals surface area contributed by atoms with Crippen LogP contribution in [-0.4, -0.2) is 29.3 Å². The zero-order valence-corrected chi connectivity index (χ0v) is 13.4. The second-order valence-electron chi connectivity index (χ2n) is 6.50. The first-order valence-electron chi connectivity index (χ1n) is 8.12. The summed E-state index contributed by atoms with van der Waals surface area (Å²) < 4.78 is 5.37. The summed E-state index contributed by atoms with van der Waals surface area (Å²) in [4.78, 5) is 22.9. The molecule has 0 bridgehead atoms. The highest BCUT2D eigenvalue weighted by molar-refractivity contribution is 5.79. The molecule has 5 nitrogen and oxygen atoms in total. The smallest absolute Gasteiger partial charge is 0.408 e. The Morgan fingerprint density at radius 3 is 2.33 bits per heavy atom. The van der Waals surface area contributed by atoms with Crippen LogP contribution in [0.15, 0.2) is 0 Å². The van der Waals surface area contributed by atoms with Gasteiger partial charge in [-0.2, -0.15) is 0 Å². The van der Waals surface area contributed by atoms with Crippen LogP contribution < -0.4 is 5.32 Å². The molecule has 0 aromatic rings. The lowest BCUT2D eigenvalue weighted by Crippen LogP contribution is -2.43. The highest BCUT2D eigenvalue weighted by Gasteiger charge is 2.26. The average Bonchev–Trinajstić information content (AvgIpc) is 2.40. The fourth-order valence-corrected chi connectivity index (χ4v) is 2.97. The number of carboxylic acids is 1. The van der Waals surface area contributed by atoms with Crippen LogP contribution in [0.3, 0.4) is 0 Å². The predicted octanol–water partition coefficient (Wildman–Crippen LogP) is 3.57. The van der Waals surface area contributed by atoms with Gasteiger partial charge in [-0.25, -0.2) is 9.59 Å². The number of carbonyl (C=O) groups excluding carboxylic acids is 1. The minimum absolute atomic E-state index is 0.0633. The van der Waals surface area contributed by atoms with Gasteiger partial charge in [0.1, 0.15) is 12.1 Å². The van der Waals surface area contributed by atoms with Gasteiger partial charge in [-0.1, -0.05) is 33.6 Å². The molecule has 0 aromatic carbocycles. The van der Waals surface area contributed by atoms with Gasteiger partial charge in [0.05, 0.1) is 0 Å². The summed E-state index contributed by atoms with van der Waals surface area (Å²) in [6, 6.07) is -0.867. The summed E-state index contributed by atoms with van der Waals surface area (Å²) in [6.07, 6.45) is 6.17. The van der Waals surface area contributed by atoms with Gasteiger partial charge in [-0.05, 0) is 43.9 Å². The van der Waals surface area contributed by atoms with Crippen molar-refractivity contribution in [3.05, 3.63) is 0 Å². The van der Waals surface area contributed by atoms with Gasteiger partial charge in [-0.3, -0.25) is 0 Å². The average molecular weight is 299 g/mol. The zero-order valence-electron chi connectivity index (χ0n) is 13.4. The Labute approximate surface area is 127 Å². The quantitative estimate of drug-likeness (QED) is 0.753. The lowest BCUT2D eigenvalue weighted by Gasteiger charge is -2.28. The molecule has 1 rings (SSSR count). The first-order chi connectivity index (χ1) is 9.92. The van der Waals surface area contributed by atoms with E-state index in [0.29, 0.717) is 6.42 Å². The number of hydrogen-bond donors (Lipinski definition) is 2. The topological polar surface area (TPSA) is 75.6 Å². The number of rotatable bonds is 7. The van der Waals surface area contributed by atoms with Crippen molar-refractivity contribution in [1.29, 1.82) is 0 Å². The third-order valence-electron chi connectivity index (χ3n) is 4.06. The molecule has 1 atom stereocenters. The number of aliphatic carboxylic acids is 1. The van der Waals surface area contributed by atoms with Crippen molar-refractivity contribution in [2.45, 2.75) is 77.9 Å². The van der Waals surface area contributed by atoms with Crippen molar-refractivity contribution < 1.29 is 19.4 Å². The maximum Gasteiger partial charge on any atom is 0.408 e. The Balaban J connectivity index is 2.34. The Morgan fingerprint density at radius 2 is 1.86 bits per heavy atom. The molecular formula is C16H29NO4. The number of carbonyl (C=O) groups is 2. The third-order valence-corrected chi connectivity index (χ3v) is 4.06. The number of alkyl carbamates (subject to hydrolysis) is 1. The lowest BCUT2D eigenvalue weighted by atomic mass is 9.85. The maximum absolute atomic E-state index is 11.8. The molecule has 0 radical (unpaired) electrons. The van der Waals surface area contributed by atoms with Gasteiger partial charge in [-0.15, -0.1) is 0 Å². The molecule has 0 aromatic heterocycles. The van der Waals surface area contributed by atoms with Crippen molar-refractivity contribution in [3.8, 4) is 0 Å². The van der Waals surface area contributed by atoms with E-state index in [4.69, 9.17) is 9.84 Å². The van der Waals surface area contributed by atoms with E-state index in [-0.39, 0.29) is 12.0 Å². The standard InChI is InChI=1S/C16H29NO4/c1-4-5-12-6-8-13(9-7-12)21-16(20)17-14(15(18)19)10-11(2)3/h11-14H,4-10H2,1-3H3,(H,17,20)(H,18,19). The van der Waals surface area contributed by atoms with Crippen LogP contribution in [-0.2, 0) is 9.53 Å². The van der Waals surface area contributed by atoms with Crippen molar-refractivity contribution in [3.63, 3.8) is 0 Å². The fraction of sp³-hybridized carbons (Fsp3) is 0.875. The van der Waals surface area contributed by atoms with Crippen LogP contribution in [0.25, 0.3) is 0 Å². The summed E-state index contributed by atoms with van der Waals surface area (Å²) in [5, 5.41) is 11.6. The van der Waals surface area contributed by atoms with E-state index in [1.54, 1.807) is 0 Å². The van der Waals surface area contributed by atoms with Crippen LogP contribution in [0, 0.1) is 11.8 Å². The fourth-order valence-electron chi connectivity index (χ4n) is 2.97. The summed E-state index contributed by atoms with van der Waals surface area (Å²) in [7, 11) is 0. The number of ether oxygens (including phenoxy) is 1. The molecule has 1 fully saturated rings. The minimum Gasteiger partial charge on any atom is -0.480 e. The van der Waals surface area contributed by atoms with Crippen LogP contribution in [0.4, 0.5) is 4.79 Å². The van der Waals surface area contributed by atoms with Crippen LogP contribution >= 0.6 is 0 Å². The van der Waals surface area contributed by atoms with Crippen molar-refractivity contribution in [1.82, 2.24) is 5.32 Å². The van der Waals surface area contributed by atoms with E-state index in [1.807, 2.05) is 13.8 Å². The SMILES string of the molecule is CCCC1CCC(OC(=O)NC(CC(C)C)C(=O)O)CC1. The Bertz CT molecular complexity index is 335. The molecule has 5 heteroatoms. The normalized spacial score (nSPS) is 23.6. The molecule has 122 valence electrons. The minimum atomic E-state index is -1.01. The van der Waals surface area contributed by atoms with E-state index >= 15 is 0 Å². The molecule has 0 spiro atoms. The molecule has 0 aliphatic heterocycles. The van der Waals surface area contributed by atoms with Crippen LogP contribution in [0.1, 0.15) is 65.7 Å². The number of carboxylic acid groups (broad SMARTS) is 1. The molecule has 1 saturated carbocycles.